The quantitative estimate of drug-likeness (QED) is 0.0365. The van der Waals surface area contributed by atoms with Crippen molar-refractivity contribution >= 4 is 106 Å². The van der Waals surface area contributed by atoms with Gasteiger partial charge in [-0.05, 0) is 66.2 Å². The number of ketones is 2. The Morgan fingerprint density at radius 3 is 1.82 bits per heavy atom. The number of hydrogen-bond donors (Lipinski definition) is 7. The molecule has 25 heteroatoms. The van der Waals surface area contributed by atoms with Crippen molar-refractivity contribution in [3.63, 3.8) is 0 Å². The van der Waals surface area contributed by atoms with Crippen molar-refractivity contribution in [1.82, 2.24) is 0 Å². The van der Waals surface area contributed by atoms with Gasteiger partial charge in [0.05, 0.1) is 46.5 Å². The highest BCUT2D eigenvalue weighted by atomic mass is 32.2. The van der Waals surface area contributed by atoms with Crippen LogP contribution in [0.5, 0.6) is 0 Å². The van der Waals surface area contributed by atoms with Crippen molar-refractivity contribution in [1.29, 1.82) is 0 Å². The van der Waals surface area contributed by atoms with E-state index < -0.39 is 102 Å². The summed E-state index contributed by atoms with van der Waals surface area (Å²) in [6, 6.07) is 15.0. The number of esters is 1. The molecule has 0 fully saturated rings. The molecule has 0 saturated carbocycles. The van der Waals surface area contributed by atoms with Crippen LogP contribution in [0.3, 0.4) is 0 Å². The maximum Gasteiger partial charge on any atom is 0.340 e. The van der Waals surface area contributed by atoms with E-state index in [1.54, 1.807) is 0 Å². The van der Waals surface area contributed by atoms with Crippen molar-refractivity contribution in [2.45, 2.75) is 4.90 Å². The van der Waals surface area contributed by atoms with Crippen LogP contribution in [0.4, 0.5) is 28.4 Å². The molecule has 4 aromatic rings. The summed E-state index contributed by atoms with van der Waals surface area (Å²) in [6.07, 6.45) is 1.37. The number of nitrogens with zero attached hydrogens (tertiary/aromatic N) is 4. The number of para-hydroxylation sites is 2. The van der Waals surface area contributed by atoms with Crippen LogP contribution in [0.1, 0.15) is 52.6 Å². The molecule has 0 amide bonds. The van der Waals surface area contributed by atoms with Crippen molar-refractivity contribution in [3.8, 4) is 0 Å². The van der Waals surface area contributed by atoms with Crippen LogP contribution in [0.2, 0.25) is 0 Å². The number of aromatic carboxylic acids is 1. The summed E-state index contributed by atoms with van der Waals surface area (Å²) in [5.41, 5.74) is 5.21. The molecule has 0 unspecified atom stereocenters. The normalized spacial score (nSPS) is 15.6. The number of Topliss-reactive ketones (excluding diaryl/α,β-unsaturated/α-hetero) is 2. The lowest BCUT2D eigenvalue weighted by Gasteiger charge is -2.20. The molecule has 4 aromatic carbocycles. The molecule has 22 nitrogen and oxygen atoms in total. The fourth-order valence-electron chi connectivity index (χ4n) is 5.76. The predicted octanol–water partition coefficient (Wildman–Crippen LogP) is 4.20. The van der Waals surface area contributed by atoms with Crippen LogP contribution < -0.4 is 16.6 Å². The molecule has 60 heavy (non-hydrogen) atoms. The van der Waals surface area contributed by atoms with Gasteiger partial charge in [-0.15, -0.1) is 5.11 Å². The van der Waals surface area contributed by atoms with E-state index in [0.29, 0.717) is 12.1 Å². The minimum atomic E-state index is -5.36. The van der Waals surface area contributed by atoms with E-state index in [4.69, 9.17) is 10.5 Å². The molecular weight excluding hydrogens is 855 g/mol. The lowest BCUT2D eigenvalue weighted by atomic mass is 9.92. The molecule has 0 bridgehead atoms. The summed E-state index contributed by atoms with van der Waals surface area (Å²) in [5, 5.41) is 24.8. The van der Waals surface area contributed by atoms with Crippen LogP contribution >= 0.6 is 0 Å². The van der Waals surface area contributed by atoms with E-state index in [9.17, 15) is 63.2 Å². The van der Waals surface area contributed by atoms with E-state index >= 15 is 0 Å². The van der Waals surface area contributed by atoms with Gasteiger partial charge in [0.15, 0.2) is 11.4 Å². The Balaban J connectivity index is 1.43. The zero-order valence-corrected chi connectivity index (χ0v) is 32.4. The topological polar surface area (TPSA) is 360 Å². The number of benzene rings is 4. The molecule has 2 aliphatic carbocycles. The number of carboxylic acids is 1. The Morgan fingerprint density at radius 2 is 1.25 bits per heavy atom. The number of nitrogen functional groups attached to an aromatic ring is 1. The second-order valence-corrected chi connectivity index (χ2v) is 16.4. The van der Waals surface area contributed by atoms with Crippen molar-refractivity contribution in [2.24, 2.45) is 20.4 Å². The number of hydrogen-bond acceptors (Lipinski definition) is 18. The molecule has 6 rings (SSSR count). The first-order chi connectivity index (χ1) is 28.1. The second kappa shape index (κ2) is 15.8. The van der Waals surface area contributed by atoms with Gasteiger partial charge < -0.3 is 15.6 Å². The minimum Gasteiger partial charge on any atom is -0.478 e. The van der Waals surface area contributed by atoms with Crippen molar-refractivity contribution in [3.05, 3.63) is 116 Å². The number of carboxylic acid groups (broad SMARTS) is 1. The second-order valence-electron chi connectivity index (χ2n) is 12.2. The van der Waals surface area contributed by atoms with Crippen LogP contribution in [0.25, 0.3) is 12.2 Å². The third-order valence-corrected chi connectivity index (χ3v) is 11.1. The van der Waals surface area contributed by atoms with Gasteiger partial charge in [-0.1, -0.05) is 24.3 Å². The van der Waals surface area contributed by atoms with Crippen LogP contribution in [0, 0.1) is 0 Å². The van der Waals surface area contributed by atoms with Gasteiger partial charge in [-0.25, -0.2) is 9.59 Å². The number of azo groups is 1. The number of carbonyl (C=O) groups is 4. The summed E-state index contributed by atoms with van der Waals surface area (Å²) in [6.45, 7) is 0. The molecule has 0 atom stereocenters. The van der Waals surface area contributed by atoms with Gasteiger partial charge in [0, 0.05) is 11.1 Å². The maximum atomic E-state index is 13.9. The van der Waals surface area contributed by atoms with Gasteiger partial charge in [-0.2, -0.15) is 40.6 Å². The summed E-state index contributed by atoms with van der Waals surface area (Å²) in [5.74, 6) is -4.65. The van der Waals surface area contributed by atoms with Gasteiger partial charge >= 0.3 is 11.9 Å². The minimum absolute atomic E-state index is 0.0914. The number of carbonyl (C=O) groups excluding carboxylic acids is 3. The lowest BCUT2D eigenvalue weighted by Crippen LogP contribution is -2.29. The molecule has 0 aromatic heterocycles. The van der Waals surface area contributed by atoms with Gasteiger partial charge in [0.25, 0.3) is 30.4 Å². The molecule has 308 valence electrons. The Hall–Kier alpha value is -7.29. The Labute approximate surface area is 337 Å². The fraction of sp³-hybridized carbons (Fsp3) is 0.0286. The molecule has 2 aliphatic rings. The average molecular weight is 880 g/mol. The largest absolute Gasteiger partial charge is 0.478 e. The van der Waals surface area contributed by atoms with Gasteiger partial charge in [-0.3, -0.25) is 34.1 Å². The first-order valence-corrected chi connectivity index (χ1v) is 20.6. The third-order valence-electron chi connectivity index (χ3n) is 8.49. The van der Waals surface area contributed by atoms with E-state index in [1.165, 1.54) is 54.6 Å². The van der Waals surface area contributed by atoms with Gasteiger partial charge in [0.2, 0.25) is 11.6 Å². The van der Waals surface area contributed by atoms with E-state index in [-0.39, 0.29) is 39.3 Å². The van der Waals surface area contributed by atoms with Crippen LogP contribution in [0.15, 0.2) is 108 Å². The lowest BCUT2D eigenvalue weighted by molar-refractivity contribution is 0.0600. The number of anilines is 3. The average Bonchev–Trinajstić information content (AvgIpc) is 3.18. The first kappa shape index (κ1) is 42.3. The van der Waals surface area contributed by atoms with Gasteiger partial charge in [0.1, 0.15) is 20.4 Å². The van der Waals surface area contributed by atoms with Crippen molar-refractivity contribution in [2.75, 3.05) is 23.7 Å². The summed E-state index contributed by atoms with van der Waals surface area (Å²) in [7, 11) is -14.8. The summed E-state index contributed by atoms with van der Waals surface area (Å²) < 4.78 is 110. The fourth-order valence-corrected chi connectivity index (χ4v) is 7.77. The number of allylic oxidation sites excluding steroid dienone is 2. The number of nitrogens with one attached hydrogen (secondary N) is 2. The Bertz CT molecular complexity index is 3100. The summed E-state index contributed by atoms with van der Waals surface area (Å²) >= 11 is 0. The highest BCUT2D eigenvalue weighted by Gasteiger charge is 2.38. The number of hydrazone groups is 2. The number of ether oxygens (including phenoxy) is 1. The molecule has 0 saturated heterocycles. The molecule has 0 radical (unpaired) electrons. The monoisotopic (exact) mass is 879 g/mol. The molecule has 0 heterocycles. The SMILES string of the molecule is COC(=O)c1ccccc1N/N=C1/C(=O)c2c(N)c(N=Nc3ccc4c(c3)C=C(S(=O)(=O)O)/C(=N\Nc3ccccc3C(=O)O)C4=O)cc(S(=O)(=O)O)c2C=C1S(=O)(=O)O. The number of methoxy groups -OCH3 is 1. The highest BCUT2D eigenvalue weighted by molar-refractivity contribution is 7.91. The highest BCUT2D eigenvalue weighted by Crippen LogP contribution is 2.40. The molecular formula is C35H25N7O15S3. The summed E-state index contributed by atoms with van der Waals surface area (Å²) in [4.78, 5) is 47.9. The number of rotatable bonds is 11. The standard InChI is InChI=1S/C35H25N7O15S3/c1-57-35(47)20-7-3-5-9-23(20)39-42-31-27(60(54,55)56)14-21-25(58(48,49)50)15-24(29(36)28(21)33(31)44)40-37-17-10-11-18-16(12-17)13-26(59(51,52)53)30(32(18)43)41-38-22-8-4-2-6-19(22)34(45)46/h2-15,38-39H,36H2,1H3,(H,45,46)(H,48,49,50)(H,51,52,53)(H,54,55,56)/b40-37?,41-30+,42-31+. The first-order valence-electron chi connectivity index (χ1n) is 16.3. The molecule has 0 spiro atoms. The van der Waals surface area contributed by atoms with Crippen LogP contribution in [-0.4, -0.2) is 86.1 Å². The zero-order chi connectivity index (χ0) is 43.9. The number of nitrogens with two attached hydrogens (primary N) is 1. The Morgan fingerprint density at radius 1 is 0.700 bits per heavy atom. The maximum absolute atomic E-state index is 13.9. The zero-order valence-electron chi connectivity index (χ0n) is 30.0. The number of fused-ring (bicyclic) bond motifs is 2. The third kappa shape index (κ3) is 8.32. The Kier molecular flexibility index (Phi) is 11.2. The van der Waals surface area contributed by atoms with E-state index in [1.807, 2.05) is 0 Å². The van der Waals surface area contributed by atoms with E-state index in [2.05, 4.69) is 31.3 Å². The van der Waals surface area contributed by atoms with Crippen molar-refractivity contribution < 1.29 is 67.9 Å². The predicted molar refractivity (Wildman–Crippen MR) is 212 cm³/mol. The molecule has 0 aliphatic heterocycles. The molecule has 8 N–H and O–H groups in total. The van der Waals surface area contributed by atoms with E-state index in [0.717, 1.165) is 25.3 Å². The van der Waals surface area contributed by atoms with Crippen LogP contribution in [-0.2, 0) is 35.1 Å². The smallest absolute Gasteiger partial charge is 0.340 e.